The summed E-state index contributed by atoms with van der Waals surface area (Å²) in [6, 6.07) is 3.80. The Labute approximate surface area is 101 Å². The van der Waals surface area contributed by atoms with Crippen LogP contribution in [0.15, 0.2) is 12.1 Å². The van der Waals surface area contributed by atoms with Gasteiger partial charge in [-0.15, -0.1) is 0 Å². The molecule has 0 aromatic heterocycles. The Balaban J connectivity index is 3.01. The molecule has 0 atom stereocenters. The Morgan fingerprint density at radius 2 is 1.88 bits per heavy atom. The number of aryl methyl sites for hydroxylation is 1. The summed E-state index contributed by atoms with van der Waals surface area (Å²) in [7, 11) is 0. The molecular formula is C13H17NO3. The molecule has 92 valence electrons. The van der Waals surface area contributed by atoms with E-state index in [4.69, 9.17) is 4.74 Å². The summed E-state index contributed by atoms with van der Waals surface area (Å²) in [6.45, 7) is 6.90. The average Bonchev–Trinajstić information content (AvgIpc) is 2.22. The fourth-order valence-corrected chi connectivity index (χ4v) is 1.59. The molecule has 0 saturated carbocycles. The van der Waals surface area contributed by atoms with Gasteiger partial charge in [0.2, 0.25) is 5.91 Å². The number of carbonyl (C=O) groups excluding carboxylic acids is 2. The van der Waals surface area contributed by atoms with E-state index in [1.54, 1.807) is 0 Å². The van der Waals surface area contributed by atoms with Crippen molar-refractivity contribution in [3.05, 3.63) is 28.8 Å². The van der Waals surface area contributed by atoms with Gasteiger partial charge < -0.3 is 10.1 Å². The minimum Gasteiger partial charge on any atom is -0.461 e. The van der Waals surface area contributed by atoms with Gasteiger partial charge in [-0.2, -0.15) is 0 Å². The summed E-state index contributed by atoms with van der Waals surface area (Å²) in [5.74, 6) is -0.424. The van der Waals surface area contributed by atoms with Crippen LogP contribution in [0.2, 0.25) is 0 Å². The van der Waals surface area contributed by atoms with E-state index in [1.807, 2.05) is 26.0 Å². The predicted octanol–water partition coefficient (Wildman–Crippen LogP) is 2.32. The first-order valence-corrected chi connectivity index (χ1v) is 5.42. The fraction of sp³-hybridized carbons (Fsp3) is 0.385. The highest BCUT2D eigenvalue weighted by atomic mass is 16.5. The van der Waals surface area contributed by atoms with E-state index in [0.29, 0.717) is 0 Å². The normalized spacial score (nSPS) is 9.88. The molecular weight excluding hydrogens is 218 g/mol. The number of hydrogen-bond donors (Lipinski definition) is 1. The van der Waals surface area contributed by atoms with E-state index in [0.717, 1.165) is 22.4 Å². The zero-order chi connectivity index (χ0) is 13.0. The predicted molar refractivity (Wildman–Crippen MR) is 65.7 cm³/mol. The number of amides is 1. The lowest BCUT2D eigenvalue weighted by Gasteiger charge is -2.14. The van der Waals surface area contributed by atoms with Gasteiger partial charge in [0.25, 0.3) is 0 Å². The van der Waals surface area contributed by atoms with Crippen LogP contribution in [-0.4, -0.2) is 11.9 Å². The Morgan fingerprint density at radius 1 is 1.24 bits per heavy atom. The van der Waals surface area contributed by atoms with Crippen LogP contribution in [0, 0.1) is 13.8 Å². The number of anilines is 1. The van der Waals surface area contributed by atoms with Gasteiger partial charge >= 0.3 is 5.97 Å². The number of ether oxygens (including phenoxy) is 1. The first-order valence-electron chi connectivity index (χ1n) is 5.42. The molecule has 1 rings (SSSR count). The first-order chi connectivity index (χ1) is 7.91. The summed E-state index contributed by atoms with van der Waals surface area (Å²) < 4.78 is 4.96. The van der Waals surface area contributed by atoms with Crippen LogP contribution in [0.25, 0.3) is 0 Å². The summed E-state index contributed by atoms with van der Waals surface area (Å²) in [5.41, 5.74) is 3.61. The van der Waals surface area contributed by atoms with Crippen molar-refractivity contribution in [1.29, 1.82) is 0 Å². The van der Waals surface area contributed by atoms with Crippen molar-refractivity contribution in [1.82, 2.24) is 0 Å². The SMILES string of the molecule is CC(=O)Nc1c(C)ccc(COC(C)=O)c1C. The molecule has 0 aliphatic carbocycles. The molecule has 0 saturated heterocycles. The number of esters is 1. The van der Waals surface area contributed by atoms with Gasteiger partial charge in [0.15, 0.2) is 0 Å². The van der Waals surface area contributed by atoms with Gasteiger partial charge in [-0.3, -0.25) is 9.59 Å². The van der Waals surface area contributed by atoms with Crippen LogP contribution < -0.4 is 5.32 Å². The third kappa shape index (κ3) is 3.59. The molecule has 0 spiro atoms. The second-order valence-corrected chi connectivity index (χ2v) is 4.00. The zero-order valence-corrected chi connectivity index (χ0v) is 10.6. The maximum atomic E-state index is 11.1. The van der Waals surface area contributed by atoms with Crippen LogP contribution in [-0.2, 0) is 20.9 Å². The van der Waals surface area contributed by atoms with E-state index in [-0.39, 0.29) is 18.5 Å². The topological polar surface area (TPSA) is 55.4 Å². The summed E-state index contributed by atoms with van der Waals surface area (Å²) in [6.07, 6.45) is 0. The van der Waals surface area contributed by atoms with E-state index in [9.17, 15) is 9.59 Å². The standard InChI is InChI=1S/C13H17NO3/c1-8-5-6-12(7-17-11(4)16)9(2)13(8)14-10(3)15/h5-6H,7H2,1-4H3,(H,14,15). The number of rotatable bonds is 3. The Bertz CT molecular complexity index is 452. The molecule has 0 unspecified atom stereocenters. The lowest BCUT2D eigenvalue weighted by molar-refractivity contribution is -0.142. The largest absolute Gasteiger partial charge is 0.461 e. The molecule has 0 aliphatic rings. The van der Waals surface area contributed by atoms with Crippen molar-refractivity contribution < 1.29 is 14.3 Å². The molecule has 1 aromatic rings. The molecule has 0 aliphatic heterocycles. The van der Waals surface area contributed by atoms with Crippen LogP contribution in [0.4, 0.5) is 5.69 Å². The molecule has 0 fully saturated rings. The molecule has 4 nitrogen and oxygen atoms in total. The average molecular weight is 235 g/mol. The lowest BCUT2D eigenvalue weighted by Crippen LogP contribution is -2.10. The van der Waals surface area contributed by atoms with Crippen molar-refractivity contribution in [3.8, 4) is 0 Å². The fourth-order valence-electron chi connectivity index (χ4n) is 1.59. The van der Waals surface area contributed by atoms with Crippen LogP contribution in [0.5, 0.6) is 0 Å². The minimum absolute atomic E-state index is 0.110. The number of hydrogen-bond acceptors (Lipinski definition) is 3. The molecule has 0 heterocycles. The van der Waals surface area contributed by atoms with Crippen molar-refractivity contribution in [2.24, 2.45) is 0 Å². The maximum Gasteiger partial charge on any atom is 0.302 e. The third-order valence-corrected chi connectivity index (χ3v) is 2.52. The second kappa shape index (κ2) is 5.48. The van der Waals surface area contributed by atoms with E-state index in [2.05, 4.69) is 5.32 Å². The molecule has 0 bridgehead atoms. The highest BCUT2D eigenvalue weighted by Gasteiger charge is 2.09. The monoisotopic (exact) mass is 235 g/mol. The molecule has 0 radical (unpaired) electrons. The van der Waals surface area contributed by atoms with Crippen molar-refractivity contribution in [2.75, 3.05) is 5.32 Å². The number of benzene rings is 1. The number of carbonyl (C=O) groups is 2. The highest BCUT2D eigenvalue weighted by Crippen LogP contribution is 2.24. The summed E-state index contributed by atoms with van der Waals surface area (Å²) >= 11 is 0. The lowest BCUT2D eigenvalue weighted by atomic mass is 10.0. The molecule has 1 amide bonds. The van der Waals surface area contributed by atoms with Gasteiger partial charge in [0, 0.05) is 19.5 Å². The summed E-state index contributed by atoms with van der Waals surface area (Å²) in [4.78, 5) is 21.9. The van der Waals surface area contributed by atoms with Gasteiger partial charge in [-0.25, -0.2) is 0 Å². The highest BCUT2D eigenvalue weighted by molar-refractivity contribution is 5.90. The minimum atomic E-state index is -0.314. The van der Waals surface area contributed by atoms with Crippen molar-refractivity contribution >= 4 is 17.6 Å². The second-order valence-electron chi connectivity index (χ2n) is 4.00. The Hall–Kier alpha value is -1.84. The van der Waals surface area contributed by atoms with Crippen LogP contribution in [0.1, 0.15) is 30.5 Å². The first kappa shape index (κ1) is 13.2. The number of nitrogens with one attached hydrogen (secondary N) is 1. The van der Waals surface area contributed by atoms with Crippen LogP contribution >= 0.6 is 0 Å². The molecule has 1 N–H and O–H groups in total. The smallest absolute Gasteiger partial charge is 0.302 e. The van der Waals surface area contributed by atoms with Crippen LogP contribution in [0.3, 0.4) is 0 Å². The van der Waals surface area contributed by atoms with E-state index < -0.39 is 0 Å². The zero-order valence-electron chi connectivity index (χ0n) is 10.6. The van der Waals surface area contributed by atoms with Crippen molar-refractivity contribution in [2.45, 2.75) is 34.3 Å². The summed E-state index contributed by atoms with van der Waals surface area (Å²) in [5, 5.41) is 2.79. The van der Waals surface area contributed by atoms with E-state index >= 15 is 0 Å². The van der Waals surface area contributed by atoms with Crippen molar-refractivity contribution in [3.63, 3.8) is 0 Å². The molecule has 17 heavy (non-hydrogen) atoms. The van der Waals surface area contributed by atoms with Gasteiger partial charge in [0.05, 0.1) is 0 Å². The van der Waals surface area contributed by atoms with Gasteiger partial charge in [-0.05, 0) is 30.5 Å². The van der Waals surface area contributed by atoms with E-state index in [1.165, 1.54) is 13.8 Å². The Kier molecular flexibility index (Phi) is 4.26. The third-order valence-electron chi connectivity index (χ3n) is 2.52. The maximum absolute atomic E-state index is 11.1. The Morgan fingerprint density at radius 3 is 2.41 bits per heavy atom. The molecule has 1 aromatic carbocycles. The molecule has 4 heteroatoms. The van der Waals surface area contributed by atoms with Gasteiger partial charge in [-0.1, -0.05) is 12.1 Å². The van der Waals surface area contributed by atoms with Gasteiger partial charge in [0.1, 0.15) is 6.61 Å². The quantitative estimate of drug-likeness (QED) is 0.818.